The fraction of sp³-hybridized carbons (Fsp3) is 0.625. The zero-order valence-corrected chi connectivity index (χ0v) is 12.2. The van der Waals surface area contributed by atoms with Crippen molar-refractivity contribution in [2.45, 2.75) is 37.6 Å². The number of piperidine rings is 1. The Hall–Kier alpha value is -1.27. The number of nitrogens with zero attached hydrogens (tertiary/aromatic N) is 1. The van der Waals surface area contributed by atoms with Crippen molar-refractivity contribution in [1.82, 2.24) is 4.90 Å². The number of ether oxygens (including phenoxy) is 1. The van der Waals surface area contributed by atoms with E-state index in [1.54, 1.807) is 12.1 Å². The fourth-order valence-electron chi connectivity index (χ4n) is 3.43. The first-order chi connectivity index (χ1) is 10.4. The zero-order chi connectivity index (χ0) is 15.7. The average molecular weight is 315 g/mol. The Morgan fingerprint density at radius 3 is 2.77 bits per heavy atom. The van der Waals surface area contributed by atoms with Gasteiger partial charge in [0.15, 0.2) is 6.10 Å². The van der Waals surface area contributed by atoms with E-state index < -0.39 is 24.3 Å². The van der Waals surface area contributed by atoms with Crippen LogP contribution in [0.15, 0.2) is 24.3 Å². The molecular weight excluding hydrogens is 295 g/mol. The Bertz CT molecular complexity index is 520. The van der Waals surface area contributed by atoms with Gasteiger partial charge in [0.1, 0.15) is 5.75 Å². The lowest BCUT2D eigenvalue weighted by molar-refractivity contribution is -0.215. The van der Waals surface area contributed by atoms with E-state index in [1.807, 2.05) is 17.0 Å². The highest BCUT2D eigenvalue weighted by molar-refractivity contribution is 5.36. The molecule has 0 spiro atoms. The number of benzene rings is 1. The molecule has 1 fully saturated rings. The smallest absolute Gasteiger partial charge is 0.425 e. The van der Waals surface area contributed by atoms with Crippen LogP contribution in [0.3, 0.4) is 0 Å². The maximum absolute atomic E-state index is 13.3. The number of fused-ring (bicyclic) bond motifs is 1. The van der Waals surface area contributed by atoms with Gasteiger partial charge < -0.3 is 14.7 Å². The Kier molecular flexibility index (Phi) is 4.32. The van der Waals surface area contributed by atoms with Gasteiger partial charge in [0.05, 0.1) is 6.10 Å². The molecule has 0 unspecified atom stereocenters. The second kappa shape index (κ2) is 6.08. The fourth-order valence-corrected chi connectivity index (χ4v) is 3.43. The van der Waals surface area contributed by atoms with E-state index in [1.165, 1.54) is 0 Å². The molecule has 3 atom stereocenters. The molecule has 1 N–H and O–H groups in total. The molecule has 22 heavy (non-hydrogen) atoms. The molecule has 2 aliphatic heterocycles. The quantitative estimate of drug-likeness (QED) is 0.911. The van der Waals surface area contributed by atoms with Crippen LogP contribution in [0.2, 0.25) is 0 Å². The summed E-state index contributed by atoms with van der Waals surface area (Å²) in [6.45, 7) is 1.48. The SMILES string of the molecule is O[C@@H]1CCCN(C[C@@H]2Cc3ccccc3O[C@H]2C(F)(F)F)C1. The van der Waals surface area contributed by atoms with Gasteiger partial charge in [0.25, 0.3) is 0 Å². The molecular formula is C16H20F3NO2. The Morgan fingerprint density at radius 2 is 2.05 bits per heavy atom. The summed E-state index contributed by atoms with van der Waals surface area (Å²) in [5.74, 6) is -0.306. The van der Waals surface area contributed by atoms with Crippen LogP contribution in [0.5, 0.6) is 5.75 Å². The van der Waals surface area contributed by atoms with Crippen molar-refractivity contribution < 1.29 is 23.0 Å². The highest BCUT2D eigenvalue weighted by Gasteiger charge is 2.49. The molecule has 6 heteroatoms. The van der Waals surface area contributed by atoms with E-state index in [0.717, 1.165) is 24.9 Å². The van der Waals surface area contributed by atoms with Crippen LogP contribution in [-0.4, -0.2) is 48.0 Å². The minimum Gasteiger partial charge on any atom is -0.480 e. The van der Waals surface area contributed by atoms with Crippen LogP contribution in [0, 0.1) is 5.92 Å². The molecule has 3 nitrogen and oxygen atoms in total. The first kappa shape index (κ1) is 15.6. The van der Waals surface area contributed by atoms with E-state index in [-0.39, 0.29) is 0 Å². The van der Waals surface area contributed by atoms with Crippen molar-refractivity contribution in [1.29, 1.82) is 0 Å². The molecule has 2 aliphatic rings. The summed E-state index contributed by atoms with van der Waals surface area (Å²) in [5, 5.41) is 9.70. The van der Waals surface area contributed by atoms with Gasteiger partial charge in [-0.05, 0) is 37.4 Å². The summed E-state index contributed by atoms with van der Waals surface area (Å²) < 4.78 is 45.2. The number of aliphatic hydroxyl groups excluding tert-OH is 1. The molecule has 2 heterocycles. The third kappa shape index (κ3) is 3.38. The highest BCUT2D eigenvalue weighted by Crippen LogP contribution is 2.38. The van der Waals surface area contributed by atoms with Gasteiger partial charge in [-0.1, -0.05) is 18.2 Å². The minimum absolute atomic E-state index is 0.301. The summed E-state index contributed by atoms with van der Waals surface area (Å²) in [7, 11) is 0. The number of β-amino-alcohol motifs (C(OH)–C–C–N with tert-alkyl or cyclic N) is 1. The molecule has 3 rings (SSSR count). The number of para-hydroxylation sites is 1. The van der Waals surface area contributed by atoms with Crippen LogP contribution in [-0.2, 0) is 6.42 Å². The first-order valence-electron chi connectivity index (χ1n) is 7.65. The monoisotopic (exact) mass is 315 g/mol. The molecule has 0 radical (unpaired) electrons. The summed E-state index contributed by atoms with van der Waals surface area (Å²) in [6.07, 6.45) is -4.69. The van der Waals surface area contributed by atoms with E-state index in [9.17, 15) is 18.3 Å². The number of likely N-dealkylation sites (tertiary alicyclic amines) is 1. The molecule has 1 saturated heterocycles. The predicted octanol–water partition coefficient (Wildman–Crippen LogP) is 2.63. The maximum Gasteiger partial charge on any atom is 0.425 e. The topological polar surface area (TPSA) is 32.7 Å². The average Bonchev–Trinajstić information content (AvgIpc) is 2.45. The number of rotatable bonds is 2. The third-order valence-corrected chi connectivity index (χ3v) is 4.43. The lowest BCUT2D eigenvalue weighted by atomic mass is 9.89. The summed E-state index contributed by atoms with van der Waals surface area (Å²) in [4.78, 5) is 1.93. The van der Waals surface area contributed by atoms with Gasteiger partial charge in [-0.2, -0.15) is 13.2 Å². The molecule has 0 aliphatic carbocycles. The highest BCUT2D eigenvalue weighted by atomic mass is 19.4. The Labute approximate surface area is 127 Å². The standard InChI is InChI=1S/C16H20F3NO2/c17-16(18,19)15-12(9-20-7-3-5-13(21)10-20)8-11-4-1-2-6-14(11)22-15/h1-2,4,6,12-13,15,21H,3,5,7-10H2/t12-,13+,15+/m0/s1. The lowest BCUT2D eigenvalue weighted by Gasteiger charge is -2.39. The van der Waals surface area contributed by atoms with Gasteiger partial charge >= 0.3 is 6.18 Å². The molecule has 122 valence electrons. The van der Waals surface area contributed by atoms with Gasteiger partial charge in [-0.3, -0.25) is 0 Å². The Balaban J connectivity index is 1.78. The summed E-state index contributed by atoms with van der Waals surface area (Å²) >= 11 is 0. The van der Waals surface area contributed by atoms with Crippen molar-refractivity contribution in [2.24, 2.45) is 5.92 Å². The van der Waals surface area contributed by atoms with Crippen molar-refractivity contribution >= 4 is 0 Å². The normalized spacial score (nSPS) is 29.7. The lowest BCUT2D eigenvalue weighted by Crippen LogP contribution is -2.50. The molecule has 1 aromatic rings. The van der Waals surface area contributed by atoms with Crippen LogP contribution in [0.25, 0.3) is 0 Å². The maximum atomic E-state index is 13.3. The van der Waals surface area contributed by atoms with Gasteiger partial charge in [-0.25, -0.2) is 0 Å². The third-order valence-electron chi connectivity index (χ3n) is 4.43. The zero-order valence-electron chi connectivity index (χ0n) is 12.2. The van der Waals surface area contributed by atoms with Crippen molar-refractivity contribution in [3.8, 4) is 5.75 Å². The van der Waals surface area contributed by atoms with Crippen LogP contribution >= 0.6 is 0 Å². The molecule has 1 aromatic carbocycles. The number of halogens is 3. The predicted molar refractivity (Wildman–Crippen MR) is 75.8 cm³/mol. The first-order valence-corrected chi connectivity index (χ1v) is 7.65. The Morgan fingerprint density at radius 1 is 1.27 bits per heavy atom. The molecule has 0 amide bonds. The summed E-state index contributed by atoms with van der Waals surface area (Å²) in [6, 6.07) is 6.92. The van der Waals surface area contributed by atoms with Gasteiger partial charge in [-0.15, -0.1) is 0 Å². The molecule has 0 bridgehead atoms. The van der Waals surface area contributed by atoms with E-state index >= 15 is 0 Å². The number of hydrogen-bond donors (Lipinski definition) is 1. The van der Waals surface area contributed by atoms with Crippen LogP contribution in [0.4, 0.5) is 13.2 Å². The van der Waals surface area contributed by atoms with Gasteiger partial charge in [0, 0.05) is 19.0 Å². The largest absolute Gasteiger partial charge is 0.480 e. The molecule has 0 aromatic heterocycles. The minimum atomic E-state index is -4.38. The molecule has 0 saturated carbocycles. The van der Waals surface area contributed by atoms with E-state index in [2.05, 4.69) is 0 Å². The second-order valence-corrected chi connectivity index (χ2v) is 6.21. The van der Waals surface area contributed by atoms with Crippen molar-refractivity contribution in [3.05, 3.63) is 29.8 Å². The van der Waals surface area contributed by atoms with Crippen molar-refractivity contribution in [3.63, 3.8) is 0 Å². The van der Waals surface area contributed by atoms with E-state index in [0.29, 0.717) is 25.3 Å². The van der Waals surface area contributed by atoms with Gasteiger partial charge in [0.2, 0.25) is 0 Å². The number of alkyl halides is 3. The summed E-state index contributed by atoms with van der Waals surface area (Å²) in [5.41, 5.74) is 0.825. The van der Waals surface area contributed by atoms with Crippen LogP contribution in [0.1, 0.15) is 18.4 Å². The number of aliphatic hydroxyl groups is 1. The number of hydrogen-bond acceptors (Lipinski definition) is 3. The van der Waals surface area contributed by atoms with E-state index in [4.69, 9.17) is 4.74 Å². The van der Waals surface area contributed by atoms with Crippen LogP contribution < -0.4 is 4.74 Å². The second-order valence-electron chi connectivity index (χ2n) is 6.21. The van der Waals surface area contributed by atoms with Crippen molar-refractivity contribution in [2.75, 3.05) is 19.6 Å².